The van der Waals surface area contributed by atoms with Crippen LogP contribution in [0.3, 0.4) is 0 Å². The number of rotatable bonds is 0. The van der Waals surface area contributed by atoms with E-state index >= 15 is 0 Å². The summed E-state index contributed by atoms with van der Waals surface area (Å²) in [5.41, 5.74) is 2.65. The molecule has 0 radical (unpaired) electrons. The Balaban J connectivity index is 0.000000413. The maximum absolute atomic E-state index is 4.53. The van der Waals surface area contributed by atoms with Crippen molar-refractivity contribution in [3.63, 3.8) is 0 Å². The van der Waals surface area contributed by atoms with E-state index in [2.05, 4.69) is 113 Å². The third-order valence-electron chi connectivity index (χ3n) is 3.68. The first-order chi connectivity index (χ1) is 13.0. The van der Waals surface area contributed by atoms with E-state index in [1.54, 1.807) is 0 Å². The van der Waals surface area contributed by atoms with Crippen LogP contribution in [0.1, 0.15) is 25.0 Å². The molecule has 0 aromatic heterocycles. The van der Waals surface area contributed by atoms with Gasteiger partial charge in [0.05, 0.1) is 0 Å². The Hall–Kier alpha value is -0.410. The SMILES string of the molecule is C[CH-]C.Cc1cc2c(Br)cccc2[cH-]1.Cc1cc2c(Br)cccc2[cH-]1.[CH-]=[SiH2].[Zr+4]. The molecule has 144 valence electrons. The van der Waals surface area contributed by atoms with Crippen LogP contribution in [0.4, 0.5) is 0 Å². The van der Waals surface area contributed by atoms with E-state index in [9.17, 15) is 0 Å². The zero-order chi connectivity index (χ0) is 20.4. The first-order valence-corrected chi connectivity index (χ1v) is 11.1. The van der Waals surface area contributed by atoms with Crippen molar-refractivity contribution < 1.29 is 26.2 Å². The van der Waals surface area contributed by atoms with Gasteiger partial charge in [0, 0.05) is 0 Å². The summed E-state index contributed by atoms with van der Waals surface area (Å²) < 4.78 is 2.37. The molecule has 0 fully saturated rings. The van der Waals surface area contributed by atoms with Crippen LogP contribution < -0.4 is 0 Å². The molecule has 4 heteroatoms. The minimum absolute atomic E-state index is 0. The van der Waals surface area contributed by atoms with E-state index < -0.39 is 0 Å². The quantitative estimate of drug-likeness (QED) is 0.147. The second-order valence-electron chi connectivity index (χ2n) is 6.13. The summed E-state index contributed by atoms with van der Waals surface area (Å²) >= 11 is 7.02. The van der Waals surface area contributed by atoms with Gasteiger partial charge >= 0.3 is 26.2 Å². The van der Waals surface area contributed by atoms with Gasteiger partial charge in [-0.1, -0.05) is 57.8 Å². The van der Waals surface area contributed by atoms with Crippen molar-refractivity contribution in [3.8, 4) is 0 Å². The summed E-state index contributed by atoms with van der Waals surface area (Å²) in [5.74, 6) is 0. The molecule has 0 saturated carbocycles. The van der Waals surface area contributed by atoms with E-state index in [0.717, 1.165) is 0 Å². The predicted molar refractivity (Wildman–Crippen MR) is 134 cm³/mol. The fourth-order valence-electron chi connectivity index (χ4n) is 2.69. The molecule has 0 amide bonds. The molecule has 0 nitrogen and oxygen atoms in total. The Labute approximate surface area is 208 Å². The monoisotopic (exact) mass is 590 g/mol. The smallest absolute Gasteiger partial charge is 0.533 e. The number of benzene rings is 2. The molecular weight excluding hydrogens is 567 g/mol. The summed E-state index contributed by atoms with van der Waals surface area (Å²) in [5, 5.41) is 5.25. The van der Waals surface area contributed by atoms with Gasteiger partial charge in [0.25, 0.3) is 0 Å². The Kier molecular flexibility index (Phi) is 14.3. The van der Waals surface area contributed by atoms with Gasteiger partial charge in [-0.05, 0) is 8.95 Å². The average molecular weight is 594 g/mol. The molecule has 0 atom stereocenters. The molecule has 0 heterocycles. The van der Waals surface area contributed by atoms with Crippen LogP contribution in [-0.2, 0) is 26.2 Å². The minimum atomic E-state index is 0. The Bertz CT molecular complexity index is 891. The molecule has 4 aromatic carbocycles. The summed E-state index contributed by atoms with van der Waals surface area (Å²) in [6.45, 7) is 8.24. The van der Waals surface area contributed by atoms with Gasteiger partial charge in [0.15, 0.2) is 0 Å². The third-order valence-corrected chi connectivity index (χ3v) is 5.07. The topological polar surface area (TPSA) is 0 Å². The molecular formula is C24H26Br2SiZr. The Morgan fingerprint density at radius 1 is 0.786 bits per heavy atom. The molecule has 0 aliphatic rings. The van der Waals surface area contributed by atoms with Crippen molar-refractivity contribution in [1.29, 1.82) is 0 Å². The van der Waals surface area contributed by atoms with Crippen LogP contribution in [0.5, 0.6) is 0 Å². The standard InChI is InChI=1S/2C10H8Br.C3H7.CH3Si.Zr/c2*1-7-5-8-3-2-4-10(11)9(8)6-7;1-3-2;1-2;/h2*2-6H,1H3;3H,1-2H3;1H,2H2;/q4*-1;+4. The summed E-state index contributed by atoms with van der Waals surface area (Å²) in [4.78, 5) is 0. The molecule has 0 spiro atoms. The van der Waals surface area contributed by atoms with E-state index in [1.165, 1.54) is 51.5 Å². The fourth-order valence-corrected chi connectivity index (χ4v) is 3.68. The van der Waals surface area contributed by atoms with Crippen LogP contribution in [0, 0.1) is 20.3 Å². The maximum Gasteiger partial charge on any atom is 4.00 e. The molecule has 4 rings (SSSR count). The molecule has 0 saturated heterocycles. The summed E-state index contributed by atoms with van der Waals surface area (Å²) in [7, 11) is 1.36. The van der Waals surface area contributed by atoms with E-state index in [4.69, 9.17) is 0 Å². The van der Waals surface area contributed by atoms with Gasteiger partial charge in [-0.25, -0.2) is 9.85 Å². The van der Waals surface area contributed by atoms with Crippen molar-refractivity contribution >= 4 is 69.4 Å². The Morgan fingerprint density at radius 2 is 1.11 bits per heavy atom. The summed E-state index contributed by atoms with van der Waals surface area (Å²) in [6.07, 6.45) is 6.53. The van der Waals surface area contributed by atoms with E-state index in [-0.39, 0.29) is 26.2 Å². The van der Waals surface area contributed by atoms with Crippen LogP contribution in [0.15, 0.2) is 69.6 Å². The van der Waals surface area contributed by atoms with Crippen molar-refractivity contribution in [3.05, 3.63) is 87.2 Å². The van der Waals surface area contributed by atoms with Gasteiger partial charge in [0.2, 0.25) is 0 Å². The second kappa shape index (κ2) is 14.6. The predicted octanol–water partition coefficient (Wildman–Crippen LogP) is 7.42. The van der Waals surface area contributed by atoms with Gasteiger partial charge in [0.1, 0.15) is 0 Å². The Morgan fingerprint density at radius 3 is 1.39 bits per heavy atom. The largest absolute Gasteiger partial charge is 4.00 e. The number of hydrogen-bond donors (Lipinski definition) is 0. The van der Waals surface area contributed by atoms with Crippen molar-refractivity contribution in [2.45, 2.75) is 27.7 Å². The first kappa shape index (κ1) is 27.6. The zero-order valence-electron chi connectivity index (χ0n) is 16.9. The second-order valence-corrected chi connectivity index (χ2v) is 7.84. The fraction of sp³-hybridized carbons (Fsp3) is 0.167. The first-order valence-electron chi connectivity index (χ1n) is 8.74. The summed E-state index contributed by atoms with van der Waals surface area (Å²) in [6, 6.07) is 21.3. The van der Waals surface area contributed by atoms with Crippen molar-refractivity contribution in [1.82, 2.24) is 0 Å². The number of halogens is 2. The normalized spacial score (nSPS) is 9.21. The van der Waals surface area contributed by atoms with Crippen LogP contribution >= 0.6 is 31.9 Å². The number of aryl methyl sites for hydroxylation is 2. The van der Waals surface area contributed by atoms with Crippen LogP contribution in [0.2, 0.25) is 0 Å². The number of hydrogen-bond acceptors (Lipinski definition) is 0. The number of fused-ring (bicyclic) bond motifs is 2. The van der Waals surface area contributed by atoms with Crippen molar-refractivity contribution in [2.75, 3.05) is 0 Å². The van der Waals surface area contributed by atoms with Crippen molar-refractivity contribution in [2.24, 2.45) is 0 Å². The molecule has 0 unspecified atom stereocenters. The van der Waals surface area contributed by atoms with Gasteiger partial charge in [-0.2, -0.15) is 26.0 Å². The molecule has 0 N–H and O–H groups in total. The molecule has 0 bridgehead atoms. The van der Waals surface area contributed by atoms with Gasteiger partial charge in [-0.3, -0.25) is 0 Å². The van der Waals surface area contributed by atoms with E-state index in [1.807, 2.05) is 20.3 Å². The maximum atomic E-state index is 4.53. The third kappa shape index (κ3) is 8.14. The van der Waals surface area contributed by atoms with Crippen LogP contribution in [-0.4, -0.2) is 16.0 Å². The molecule has 0 aliphatic heterocycles. The van der Waals surface area contributed by atoms with Crippen LogP contribution in [0.25, 0.3) is 21.5 Å². The molecule has 0 aliphatic carbocycles. The van der Waals surface area contributed by atoms with Gasteiger partial charge < -0.3 is 12.6 Å². The van der Waals surface area contributed by atoms with Gasteiger partial charge in [-0.15, -0.1) is 69.1 Å². The van der Waals surface area contributed by atoms with E-state index in [0.29, 0.717) is 0 Å². The average Bonchev–Trinajstić information content (AvgIpc) is 3.21. The minimum Gasteiger partial charge on any atom is -0.533 e. The zero-order valence-corrected chi connectivity index (χ0v) is 23.9. The molecule has 4 aromatic rings. The molecule has 28 heavy (non-hydrogen) atoms.